The molecule has 1 fully saturated rings. The van der Waals surface area contributed by atoms with E-state index in [0.29, 0.717) is 24.1 Å². The standard InChI is InChI=1S/C28H33N7O4S/c1-33(40(3,37)38)24-7-5-4-6-23(24)25-11-9-21-17-30-28(32-35(21)25)31-20-8-10-22(26(16-20)39-2)19-12-14-34(15-13-19)18-27(29)36/h4-11,16-17,19H,12-15,18H2,1-3H3,(H2,29,36)(H,31,32). The lowest BCUT2D eigenvalue weighted by molar-refractivity contribution is -0.119. The van der Waals surface area contributed by atoms with Crippen LogP contribution in [-0.4, -0.2) is 73.9 Å². The Bertz CT molecular complexity index is 1650. The largest absolute Gasteiger partial charge is 0.496 e. The van der Waals surface area contributed by atoms with Crippen molar-refractivity contribution < 1.29 is 17.9 Å². The number of aromatic nitrogens is 3. The Hall–Kier alpha value is -4.16. The van der Waals surface area contributed by atoms with Crippen LogP contribution in [0.1, 0.15) is 24.3 Å². The van der Waals surface area contributed by atoms with Gasteiger partial charge in [-0.05, 0) is 61.7 Å². The zero-order valence-corrected chi connectivity index (χ0v) is 23.6. The molecule has 40 heavy (non-hydrogen) atoms. The summed E-state index contributed by atoms with van der Waals surface area (Å²) in [6, 6.07) is 17.1. The molecule has 1 aliphatic heterocycles. The molecule has 3 heterocycles. The van der Waals surface area contributed by atoms with Crippen molar-refractivity contribution in [2.75, 3.05) is 49.7 Å². The molecule has 1 saturated heterocycles. The van der Waals surface area contributed by atoms with Crippen LogP contribution in [0.15, 0.2) is 60.8 Å². The number of amides is 1. The minimum Gasteiger partial charge on any atom is -0.496 e. The lowest BCUT2D eigenvalue weighted by Gasteiger charge is -2.32. The van der Waals surface area contributed by atoms with Crippen LogP contribution >= 0.6 is 0 Å². The van der Waals surface area contributed by atoms with E-state index in [1.165, 1.54) is 17.6 Å². The van der Waals surface area contributed by atoms with Crippen molar-refractivity contribution in [2.45, 2.75) is 18.8 Å². The number of hydrogen-bond acceptors (Lipinski definition) is 8. The van der Waals surface area contributed by atoms with Crippen molar-refractivity contribution in [3.63, 3.8) is 0 Å². The Morgan fingerprint density at radius 1 is 1.15 bits per heavy atom. The summed E-state index contributed by atoms with van der Waals surface area (Å²) >= 11 is 0. The minimum atomic E-state index is -3.45. The predicted molar refractivity (Wildman–Crippen MR) is 156 cm³/mol. The van der Waals surface area contributed by atoms with E-state index in [4.69, 9.17) is 15.6 Å². The quantitative estimate of drug-likeness (QED) is 0.317. The normalized spacial score (nSPS) is 14.8. The van der Waals surface area contributed by atoms with Crippen LogP contribution in [-0.2, 0) is 14.8 Å². The van der Waals surface area contributed by atoms with Gasteiger partial charge in [-0.3, -0.25) is 14.0 Å². The molecule has 0 spiro atoms. The van der Waals surface area contributed by atoms with Crippen molar-refractivity contribution in [2.24, 2.45) is 5.73 Å². The van der Waals surface area contributed by atoms with Gasteiger partial charge in [0, 0.05) is 24.4 Å². The molecule has 2 aromatic carbocycles. The summed E-state index contributed by atoms with van der Waals surface area (Å²) in [4.78, 5) is 17.8. The van der Waals surface area contributed by atoms with Gasteiger partial charge in [0.15, 0.2) is 0 Å². The molecular formula is C28H33N7O4S. The average molecular weight is 564 g/mol. The van der Waals surface area contributed by atoms with E-state index in [-0.39, 0.29) is 5.91 Å². The number of primary amides is 1. The first-order valence-electron chi connectivity index (χ1n) is 13.0. The molecule has 1 aliphatic rings. The highest BCUT2D eigenvalue weighted by Crippen LogP contribution is 2.36. The van der Waals surface area contributed by atoms with E-state index in [0.717, 1.165) is 59.7 Å². The lowest BCUT2D eigenvalue weighted by Crippen LogP contribution is -2.39. The first kappa shape index (κ1) is 27.4. The van der Waals surface area contributed by atoms with Crippen LogP contribution < -0.4 is 20.1 Å². The predicted octanol–water partition coefficient (Wildman–Crippen LogP) is 3.21. The SMILES string of the molecule is COc1cc(Nc2ncc3ccc(-c4ccccc4N(C)S(C)(=O)=O)n3n2)ccc1C1CCN(CC(N)=O)CC1. The van der Waals surface area contributed by atoms with Crippen molar-refractivity contribution in [1.82, 2.24) is 19.5 Å². The molecule has 0 aliphatic carbocycles. The Morgan fingerprint density at radius 3 is 2.60 bits per heavy atom. The van der Waals surface area contributed by atoms with Crippen LogP contribution in [0, 0.1) is 0 Å². The number of fused-ring (bicyclic) bond motifs is 1. The van der Waals surface area contributed by atoms with E-state index in [2.05, 4.69) is 21.3 Å². The average Bonchev–Trinajstić information content (AvgIpc) is 3.35. The number of nitrogens with two attached hydrogens (primary N) is 1. The third kappa shape index (κ3) is 5.73. The number of piperidine rings is 1. The fourth-order valence-electron chi connectivity index (χ4n) is 5.18. The molecule has 4 aromatic rings. The van der Waals surface area contributed by atoms with Gasteiger partial charge in [-0.25, -0.2) is 17.9 Å². The van der Waals surface area contributed by atoms with Gasteiger partial charge in [-0.15, -0.1) is 5.10 Å². The first-order valence-corrected chi connectivity index (χ1v) is 14.8. The molecule has 210 valence electrons. The molecule has 1 amide bonds. The van der Waals surface area contributed by atoms with Crippen LogP contribution in [0.25, 0.3) is 16.8 Å². The molecule has 11 nitrogen and oxygen atoms in total. The number of ether oxygens (including phenoxy) is 1. The Kier molecular flexibility index (Phi) is 7.63. The van der Waals surface area contributed by atoms with Crippen molar-refractivity contribution in [1.29, 1.82) is 0 Å². The number of carbonyl (C=O) groups excluding carboxylic acids is 1. The summed E-state index contributed by atoms with van der Waals surface area (Å²) in [6.45, 7) is 1.92. The summed E-state index contributed by atoms with van der Waals surface area (Å²) < 4.78 is 33.3. The summed E-state index contributed by atoms with van der Waals surface area (Å²) in [7, 11) is -0.259. The van der Waals surface area contributed by atoms with Crippen LogP contribution in [0.5, 0.6) is 5.75 Å². The number of methoxy groups -OCH3 is 1. The van der Waals surface area contributed by atoms with Gasteiger partial charge in [0.25, 0.3) is 0 Å². The van der Waals surface area contributed by atoms with Crippen molar-refractivity contribution in [3.8, 4) is 17.0 Å². The second-order valence-corrected chi connectivity index (χ2v) is 12.0. The minimum absolute atomic E-state index is 0.292. The van der Waals surface area contributed by atoms with Crippen LogP contribution in [0.3, 0.4) is 0 Å². The summed E-state index contributed by atoms with van der Waals surface area (Å²) in [5.41, 5.74) is 10.0. The van der Waals surface area contributed by atoms with Gasteiger partial charge in [0.2, 0.25) is 21.9 Å². The number of nitrogens with zero attached hydrogens (tertiary/aromatic N) is 5. The highest BCUT2D eigenvalue weighted by Gasteiger charge is 2.24. The van der Waals surface area contributed by atoms with Crippen LogP contribution in [0.4, 0.5) is 17.3 Å². The van der Waals surface area contributed by atoms with E-state index in [1.807, 2.05) is 36.4 Å². The highest BCUT2D eigenvalue weighted by molar-refractivity contribution is 7.92. The van der Waals surface area contributed by atoms with Gasteiger partial charge < -0.3 is 15.8 Å². The summed E-state index contributed by atoms with van der Waals surface area (Å²) in [5.74, 6) is 1.19. The second kappa shape index (κ2) is 11.1. The number of anilines is 3. The number of nitrogens with one attached hydrogen (secondary N) is 1. The third-order valence-electron chi connectivity index (χ3n) is 7.31. The Balaban J connectivity index is 1.40. The Morgan fingerprint density at radius 2 is 1.90 bits per heavy atom. The van der Waals surface area contributed by atoms with Crippen LogP contribution in [0.2, 0.25) is 0 Å². The lowest BCUT2D eigenvalue weighted by atomic mass is 9.88. The van der Waals surface area contributed by atoms with Crippen molar-refractivity contribution in [3.05, 3.63) is 66.4 Å². The van der Waals surface area contributed by atoms with E-state index in [9.17, 15) is 13.2 Å². The molecule has 0 radical (unpaired) electrons. The van der Waals surface area contributed by atoms with Gasteiger partial charge in [-0.2, -0.15) is 0 Å². The molecule has 0 bridgehead atoms. The second-order valence-electron chi connectivity index (χ2n) is 9.98. The fourth-order valence-corrected chi connectivity index (χ4v) is 5.70. The third-order valence-corrected chi connectivity index (χ3v) is 8.50. The maximum absolute atomic E-state index is 12.3. The van der Waals surface area contributed by atoms with E-state index in [1.54, 1.807) is 30.0 Å². The fraction of sp³-hybridized carbons (Fsp3) is 0.321. The highest BCUT2D eigenvalue weighted by atomic mass is 32.2. The zero-order valence-electron chi connectivity index (χ0n) is 22.7. The number of likely N-dealkylation sites (tertiary alicyclic amines) is 1. The smallest absolute Gasteiger partial charge is 0.245 e. The number of para-hydroxylation sites is 1. The number of rotatable bonds is 9. The maximum Gasteiger partial charge on any atom is 0.245 e. The molecule has 12 heteroatoms. The Labute approximate surface area is 233 Å². The number of benzene rings is 2. The molecule has 0 atom stereocenters. The molecule has 3 N–H and O–H groups in total. The number of hydrogen-bond donors (Lipinski definition) is 2. The number of carbonyl (C=O) groups is 1. The van der Waals surface area contributed by atoms with Gasteiger partial charge >= 0.3 is 0 Å². The van der Waals surface area contributed by atoms with E-state index >= 15 is 0 Å². The summed E-state index contributed by atoms with van der Waals surface area (Å²) in [6.07, 6.45) is 4.73. The van der Waals surface area contributed by atoms with E-state index < -0.39 is 10.0 Å². The molecule has 2 aromatic heterocycles. The summed E-state index contributed by atoms with van der Waals surface area (Å²) in [5, 5.41) is 7.98. The zero-order chi connectivity index (χ0) is 28.4. The van der Waals surface area contributed by atoms with Crippen molar-refractivity contribution >= 4 is 38.8 Å². The van der Waals surface area contributed by atoms with Gasteiger partial charge in [0.05, 0.1) is 43.0 Å². The molecular weight excluding hydrogens is 530 g/mol. The van der Waals surface area contributed by atoms with Gasteiger partial charge in [0.1, 0.15) is 5.75 Å². The van der Waals surface area contributed by atoms with Gasteiger partial charge in [-0.1, -0.05) is 24.3 Å². The molecule has 0 unspecified atom stereocenters. The maximum atomic E-state index is 12.3. The first-order chi connectivity index (χ1) is 19.1. The monoisotopic (exact) mass is 563 g/mol. The molecule has 0 saturated carbocycles. The molecule has 5 rings (SSSR count). The number of sulfonamides is 1. The topological polar surface area (TPSA) is 135 Å².